The van der Waals surface area contributed by atoms with E-state index in [0.717, 1.165) is 11.1 Å². The van der Waals surface area contributed by atoms with E-state index in [9.17, 15) is 13.2 Å². The van der Waals surface area contributed by atoms with Crippen LogP contribution in [0.4, 0.5) is 0 Å². The van der Waals surface area contributed by atoms with Crippen molar-refractivity contribution in [3.63, 3.8) is 0 Å². The zero-order chi connectivity index (χ0) is 24.6. The molecule has 0 aromatic heterocycles. The number of nitrogens with one attached hydrogen (secondary N) is 1. The molecule has 7 nitrogen and oxygen atoms in total. The Balaban J connectivity index is 1.84. The molecule has 8 heteroatoms. The monoisotopic (exact) mass is 482 g/mol. The van der Waals surface area contributed by atoms with Gasteiger partial charge in [-0.05, 0) is 36.6 Å². The number of nitrogens with zero attached hydrogens (tertiary/aromatic N) is 1. The highest BCUT2D eigenvalue weighted by atomic mass is 32.2. The quantitative estimate of drug-likeness (QED) is 0.449. The number of rotatable bonds is 11. The predicted octanol–water partition coefficient (Wildman–Crippen LogP) is 3.81. The van der Waals surface area contributed by atoms with Crippen LogP contribution >= 0.6 is 0 Å². The van der Waals surface area contributed by atoms with E-state index in [1.807, 2.05) is 67.6 Å². The van der Waals surface area contributed by atoms with E-state index >= 15 is 0 Å². The minimum atomic E-state index is -3.99. The smallest absolute Gasteiger partial charge is 0.243 e. The molecular formula is C26H30N2O5S. The molecule has 0 saturated heterocycles. The third kappa shape index (κ3) is 6.36. The van der Waals surface area contributed by atoms with Crippen LogP contribution in [-0.2, 0) is 21.2 Å². The molecule has 0 heterocycles. The van der Waals surface area contributed by atoms with E-state index in [1.165, 1.54) is 30.7 Å². The number of benzene rings is 3. The molecule has 0 bridgehead atoms. The zero-order valence-corrected chi connectivity index (χ0v) is 20.4. The zero-order valence-electron chi connectivity index (χ0n) is 19.6. The van der Waals surface area contributed by atoms with Gasteiger partial charge in [-0.2, -0.15) is 4.31 Å². The fourth-order valence-corrected chi connectivity index (χ4v) is 4.99. The second kappa shape index (κ2) is 11.7. The van der Waals surface area contributed by atoms with Crippen molar-refractivity contribution in [2.75, 3.05) is 27.3 Å². The minimum Gasteiger partial charge on any atom is -0.493 e. The van der Waals surface area contributed by atoms with Crippen molar-refractivity contribution in [1.82, 2.24) is 9.62 Å². The first-order valence-corrected chi connectivity index (χ1v) is 12.4. The van der Waals surface area contributed by atoms with Gasteiger partial charge in [0.2, 0.25) is 15.9 Å². The lowest BCUT2D eigenvalue weighted by Gasteiger charge is -2.23. The number of carbonyl (C=O) groups is 1. The SMILES string of the molecule is COc1ccc(S(=O)(=O)N(CCc2ccccc2)CC(=O)NC(C)c2ccccc2)cc1OC. The van der Waals surface area contributed by atoms with Gasteiger partial charge in [0.25, 0.3) is 0 Å². The molecule has 0 aliphatic carbocycles. The Bertz CT molecular complexity index is 1180. The Labute approximate surface area is 201 Å². The van der Waals surface area contributed by atoms with Gasteiger partial charge in [-0.1, -0.05) is 60.7 Å². The van der Waals surface area contributed by atoms with Crippen molar-refractivity contribution in [1.29, 1.82) is 0 Å². The van der Waals surface area contributed by atoms with Crippen LogP contribution in [0.15, 0.2) is 83.8 Å². The lowest BCUT2D eigenvalue weighted by molar-refractivity contribution is -0.121. The van der Waals surface area contributed by atoms with Gasteiger partial charge in [-0.3, -0.25) is 4.79 Å². The lowest BCUT2D eigenvalue weighted by atomic mass is 10.1. The van der Waals surface area contributed by atoms with Gasteiger partial charge in [0.1, 0.15) is 0 Å². The van der Waals surface area contributed by atoms with Crippen LogP contribution in [0.5, 0.6) is 11.5 Å². The first kappa shape index (κ1) is 25.3. The first-order valence-electron chi connectivity index (χ1n) is 11.0. The predicted molar refractivity (Wildman–Crippen MR) is 131 cm³/mol. The number of amides is 1. The Morgan fingerprint density at radius 2 is 1.53 bits per heavy atom. The summed E-state index contributed by atoms with van der Waals surface area (Å²) in [7, 11) is -1.06. The topological polar surface area (TPSA) is 84.9 Å². The van der Waals surface area contributed by atoms with E-state index < -0.39 is 10.0 Å². The lowest BCUT2D eigenvalue weighted by Crippen LogP contribution is -2.42. The maximum Gasteiger partial charge on any atom is 0.243 e. The fourth-order valence-electron chi connectivity index (χ4n) is 3.58. The Morgan fingerprint density at radius 3 is 2.15 bits per heavy atom. The van der Waals surface area contributed by atoms with Crippen LogP contribution in [0.3, 0.4) is 0 Å². The molecule has 0 radical (unpaired) electrons. The largest absolute Gasteiger partial charge is 0.493 e. The highest BCUT2D eigenvalue weighted by molar-refractivity contribution is 7.89. The number of hydrogen-bond donors (Lipinski definition) is 1. The van der Waals surface area contributed by atoms with Crippen LogP contribution < -0.4 is 14.8 Å². The average molecular weight is 483 g/mol. The van der Waals surface area contributed by atoms with Gasteiger partial charge in [-0.15, -0.1) is 0 Å². The van der Waals surface area contributed by atoms with E-state index in [2.05, 4.69) is 5.32 Å². The molecule has 0 fully saturated rings. The summed E-state index contributed by atoms with van der Waals surface area (Å²) in [6.45, 7) is 1.71. The van der Waals surface area contributed by atoms with Crippen LogP contribution in [0, 0.1) is 0 Å². The van der Waals surface area contributed by atoms with Crippen LogP contribution in [0.2, 0.25) is 0 Å². The number of carbonyl (C=O) groups excluding carboxylic acids is 1. The number of methoxy groups -OCH3 is 2. The third-order valence-corrected chi connectivity index (χ3v) is 7.32. The summed E-state index contributed by atoms with van der Waals surface area (Å²) in [5.74, 6) is 0.342. The molecule has 34 heavy (non-hydrogen) atoms. The summed E-state index contributed by atoms with van der Waals surface area (Å²) in [5.41, 5.74) is 1.92. The Morgan fingerprint density at radius 1 is 0.912 bits per heavy atom. The molecule has 180 valence electrons. The fraction of sp³-hybridized carbons (Fsp3) is 0.269. The molecule has 0 aliphatic heterocycles. The Hall–Kier alpha value is -3.36. The molecular weight excluding hydrogens is 452 g/mol. The summed E-state index contributed by atoms with van der Waals surface area (Å²) in [6, 6.07) is 23.2. The van der Waals surface area contributed by atoms with Crippen molar-refractivity contribution in [3.05, 3.63) is 90.0 Å². The molecule has 3 aromatic rings. The summed E-state index contributed by atoms with van der Waals surface area (Å²) in [4.78, 5) is 12.9. The number of hydrogen-bond acceptors (Lipinski definition) is 5. The molecule has 3 rings (SSSR count). The van der Waals surface area contributed by atoms with Gasteiger partial charge in [-0.25, -0.2) is 8.42 Å². The van der Waals surface area contributed by atoms with Crippen molar-refractivity contribution >= 4 is 15.9 Å². The Kier molecular flexibility index (Phi) is 8.67. The molecule has 1 N–H and O–H groups in total. The maximum atomic E-state index is 13.6. The summed E-state index contributed by atoms with van der Waals surface area (Å²) >= 11 is 0. The number of sulfonamides is 1. The van der Waals surface area contributed by atoms with Gasteiger partial charge < -0.3 is 14.8 Å². The van der Waals surface area contributed by atoms with Crippen molar-refractivity contribution in [2.24, 2.45) is 0 Å². The molecule has 1 atom stereocenters. The van der Waals surface area contributed by atoms with Crippen LogP contribution in [0.1, 0.15) is 24.1 Å². The molecule has 3 aromatic carbocycles. The minimum absolute atomic E-state index is 0.0297. The molecule has 0 aliphatic rings. The molecule has 1 amide bonds. The van der Waals surface area contributed by atoms with Gasteiger partial charge in [0, 0.05) is 12.6 Å². The van der Waals surface area contributed by atoms with Crippen molar-refractivity contribution < 1.29 is 22.7 Å². The third-order valence-electron chi connectivity index (χ3n) is 5.48. The summed E-state index contributed by atoms with van der Waals surface area (Å²) in [5, 5.41) is 2.90. The molecule has 0 saturated carbocycles. The summed E-state index contributed by atoms with van der Waals surface area (Å²) < 4.78 is 38.8. The maximum absolute atomic E-state index is 13.6. The van der Waals surface area contributed by atoms with Gasteiger partial charge >= 0.3 is 0 Å². The van der Waals surface area contributed by atoms with Crippen molar-refractivity contribution in [3.8, 4) is 11.5 Å². The molecule has 1 unspecified atom stereocenters. The highest BCUT2D eigenvalue weighted by Crippen LogP contribution is 2.30. The second-order valence-electron chi connectivity index (χ2n) is 7.79. The van der Waals surface area contributed by atoms with Gasteiger partial charge in [0.15, 0.2) is 11.5 Å². The first-order chi connectivity index (χ1) is 16.3. The average Bonchev–Trinajstić information content (AvgIpc) is 2.87. The van der Waals surface area contributed by atoms with E-state index in [4.69, 9.17) is 9.47 Å². The van der Waals surface area contributed by atoms with E-state index in [-0.39, 0.29) is 29.9 Å². The van der Waals surface area contributed by atoms with E-state index in [0.29, 0.717) is 17.9 Å². The highest BCUT2D eigenvalue weighted by Gasteiger charge is 2.28. The summed E-state index contributed by atoms with van der Waals surface area (Å²) in [6.07, 6.45) is 0.467. The van der Waals surface area contributed by atoms with Crippen LogP contribution in [-0.4, -0.2) is 45.9 Å². The number of ether oxygens (including phenoxy) is 2. The van der Waals surface area contributed by atoms with Crippen LogP contribution in [0.25, 0.3) is 0 Å². The normalized spacial score (nSPS) is 12.2. The van der Waals surface area contributed by atoms with Crippen molar-refractivity contribution in [2.45, 2.75) is 24.3 Å². The van der Waals surface area contributed by atoms with Gasteiger partial charge in [0.05, 0.1) is 31.7 Å². The standard InChI is InChI=1S/C26H30N2O5S/c1-20(22-12-8-5-9-13-22)27-26(29)19-28(17-16-21-10-6-4-7-11-21)34(30,31)23-14-15-24(32-2)25(18-23)33-3/h4-15,18,20H,16-17,19H2,1-3H3,(H,27,29). The second-order valence-corrected chi connectivity index (χ2v) is 9.73. The molecule has 0 spiro atoms. The van der Waals surface area contributed by atoms with E-state index in [1.54, 1.807) is 6.07 Å².